The van der Waals surface area contributed by atoms with Crippen molar-refractivity contribution >= 4 is 5.78 Å². The van der Waals surface area contributed by atoms with Crippen LogP contribution in [0.2, 0.25) is 0 Å². The van der Waals surface area contributed by atoms with Gasteiger partial charge < -0.3 is 19.7 Å². The molecule has 3 aliphatic carbocycles. The molecule has 6 heteroatoms. The first kappa shape index (κ1) is 20.9. The highest BCUT2D eigenvalue weighted by molar-refractivity contribution is 5.93. The second kappa shape index (κ2) is 7.18. The van der Waals surface area contributed by atoms with Crippen LogP contribution in [0.3, 0.4) is 0 Å². The van der Waals surface area contributed by atoms with Crippen LogP contribution in [-0.4, -0.2) is 64.4 Å². The van der Waals surface area contributed by atoms with Gasteiger partial charge in [0.25, 0.3) is 0 Å². The minimum absolute atomic E-state index is 0.0571. The standard InChI is InChI=1S/C26H35NO5/c1-3-15(4-2)14-31-19-12-26(30)20-11-17-7-8-18(28)23-21(17)25(26,24(32-23)22(19)29)9-10-27(20)13-16-5-6-16/h7-8,15-16,19-20,24,28,30H,3-6,9-14H2,1-2H3/t19-,20-,24+,25+,26-/m1/s1. The summed E-state index contributed by atoms with van der Waals surface area (Å²) in [4.78, 5) is 16.2. The van der Waals surface area contributed by atoms with E-state index in [4.69, 9.17) is 9.47 Å². The number of aliphatic hydroxyl groups is 1. The molecular formula is C26H35NO5. The van der Waals surface area contributed by atoms with E-state index in [1.54, 1.807) is 6.07 Å². The first-order valence-corrected chi connectivity index (χ1v) is 12.6. The molecule has 5 aliphatic rings. The maximum atomic E-state index is 13.7. The van der Waals surface area contributed by atoms with E-state index in [1.165, 1.54) is 12.8 Å². The van der Waals surface area contributed by atoms with E-state index in [0.717, 1.165) is 49.4 Å². The molecule has 0 unspecified atom stereocenters. The van der Waals surface area contributed by atoms with Crippen LogP contribution >= 0.6 is 0 Å². The van der Waals surface area contributed by atoms with E-state index < -0.39 is 23.2 Å². The van der Waals surface area contributed by atoms with Crippen LogP contribution in [0.25, 0.3) is 0 Å². The number of phenolic OH excluding ortho intramolecular Hbond substituents is 1. The van der Waals surface area contributed by atoms with E-state index in [0.29, 0.717) is 31.1 Å². The summed E-state index contributed by atoms with van der Waals surface area (Å²) in [7, 11) is 0. The van der Waals surface area contributed by atoms with Gasteiger partial charge in [-0.2, -0.15) is 0 Å². The Balaban J connectivity index is 1.43. The van der Waals surface area contributed by atoms with Gasteiger partial charge in [-0.3, -0.25) is 9.69 Å². The van der Waals surface area contributed by atoms with Crippen LogP contribution in [0.15, 0.2) is 12.1 Å². The Morgan fingerprint density at radius 2 is 2.06 bits per heavy atom. The summed E-state index contributed by atoms with van der Waals surface area (Å²) in [6.07, 6.45) is 4.80. The Bertz CT molecular complexity index is 940. The summed E-state index contributed by atoms with van der Waals surface area (Å²) in [6.45, 7) is 6.68. The molecular weight excluding hydrogens is 406 g/mol. The SMILES string of the molecule is CCC(CC)CO[C@@H]1C[C@@]2(O)[C@H]3Cc4ccc(O)c5c4[C@@]2(CCN3CC2CC2)[C@@H](O5)C1=O. The zero-order valence-electron chi connectivity index (χ0n) is 19.2. The largest absolute Gasteiger partial charge is 0.504 e. The molecule has 2 heterocycles. The summed E-state index contributed by atoms with van der Waals surface area (Å²) in [5, 5.41) is 23.1. The lowest BCUT2D eigenvalue weighted by atomic mass is 9.48. The lowest BCUT2D eigenvalue weighted by molar-refractivity contribution is -0.210. The third-order valence-electron chi connectivity index (χ3n) is 9.27. The van der Waals surface area contributed by atoms with E-state index >= 15 is 0 Å². The van der Waals surface area contributed by atoms with Crippen LogP contribution in [0.4, 0.5) is 0 Å². The first-order valence-electron chi connectivity index (χ1n) is 12.6. The number of ketones is 1. The van der Waals surface area contributed by atoms with Crippen molar-refractivity contribution in [3.8, 4) is 11.5 Å². The molecule has 1 aromatic carbocycles. The number of nitrogens with zero attached hydrogens (tertiary/aromatic N) is 1. The minimum Gasteiger partial charge on any atom is -0.504 e. The molecule has 2 saturated carbocycles. The first-order chi connectivity index (χ1) is 15.4. The highest BCUT2D eigenvalue weighted by Gasteiger charge is 2.75. The zero-order valence-corrected chi connectivity index (χ0v) is 19.2. The summed E-state index contributed by atoms with van der Waals surface area (Å²) >= 11 is 0. The molecule has 2 bridgehead atoms. The van der Waals surface area contributed by atoms with Crippen molar-refractivity contribution in [1.29, 1.82) is 0 Å². The molecule has 2 N–H and O–H groups in total. The number of aromatic hydroxyl groups is 1. The van der Waals surface area contributed by atoms with Crippen molar-refractivity contribution < 1.29 is 24.5 Å². The molecule has 1 spiro atoms. The smallest absolute Gasteiger partial charge is 0.203 e. The van der Waals surface area contributed by atoms with Crippen molar-refractivity contribution in [1.82, 2.24) is 4.90 Å². The Hall–Kier alpha value is -1.63. The molecule has 32 heavy (non-hydrogen) atoms. The average Bonchev–Trinajstić information content (AvgIpc) is 3.52. The fourth-order valence-electron chi connectivity index (χ4n) is 7.18. The van der Waals surface area contributed by atoms with Gasteiger partial charge in [-0.25, -0.2) is 0 Å². The second-order valence-electron chi connectivity index (χ2n) is 10.9. The second-order valence-corrected chi connectivity index (χ2v) is 10.9. The number of hydrogen-bond acceptors (Lipinski definition) is 6. The normalized spacial score (nSPS) is 37.5. The maximum absolute atomic E-state index is 13.7. The number of benzene rings is 1. The van der Waals surface area contributed by atoms with E-state index in [1.807, 2.05) is 6.07 Å². The third kappa shape index (κ3) is 2.66. The Morgan fingerprint density at radius 1 is 1.28 bits per heavy atom. The maximum Gasteiger partial charge on any atom is 0.203 e. The predicted molar refractivity (Wildman–Crippen MR) is 119 cm³/mol. The molecule has 2 aliphatic heterocycles. The number of ether oxygens (including phenoxy) is 2. The van der Waals surface area contributed by atoms with Crippen LogP contribution in [0.1, 0.15) is 63.5 Å². The van der Waals surface area contributed by atoms with Crippen molar-refractivity contribution in [3.05, 3.63) is 23.3 Å². The molecule has 6 rings (SSSR count). The van der Waals surface area contributed by atoms with Gasteiger partial charge in [-0.05, 0) is 55.7 Å². The van der Waals surface area contributed by atoms with Crippen LogP contribution in [-0.2, 0) is 21.4 Å². The topological polar surface area (TPSA) is 79.2 Å². The Morgan fingerprint density at radius 3 is 2.78 bits per heavy atom. The van der Waals surface area contributed by atoms with Gasteiger partial charge in [0.05, 0.1) is 17.6 Å². The number of rotatable bonds is 7. The van der Waals surface area contributed by atoms with Crippen molar-refractivity contribution in [2.24, 2.45) is 11.8 Å². The molecule has 5 atom stereocenters. The highest BCUT2D eigenvalue weighted by atomic mass is 16.5. The lowest BCUT2D eigenvalue weighted by Gasteiger charge is -2.63. The number of likely N-dealkylation sites (tertiary alicyclic amines) is 1. The fraction of sp³-hybridized carbons (Fsp3) is 0.731. The lowest BCUT2D eigenvalue weighted by Crippen LogP contribution is -2.78. The molecule has 6 nitrogen and oxygen atoms in total. The van der Waals surface area contributed by atoms with Gasteiger partial charge in [-0.15, -0.1) is 0 Å². The zero-order chi connectivity index (χ0) is 22.3. The number of carbonyl (C=O) groups excluding carboxylic acids is 1. The molecule has 0 aromatic heterocycles. The highest BCUT2D eigenvalue weighted by Crippen LogP contribution is 2.65. The summed E-state index contributed by atoms with van der Waals surface area (Å²) < 4.78 is 12.5. The monoisotopic (exact) mass is 441 g/mol. The van der Waals surface area contributed by atoms with Crippen LogP contribution in [0.5, 0.6) is 11.5 Å². The Kier molecular flexibility index (Phi) is 4.70. The van der Waals surface area contributed by atoms with Crippen LogP contribution in [0, 0.1) is 11.8 Å². The van der Waals surface area contributed by atoms with Crippen molar-refractivity contribution in [3.63, 3.8) is 0 Å². The molecule has 1 saturated heterocycles. The third-order valence-corrected chi connectivity index (χ3v) is 9.27. The number of hydrogen-bond donors (Lipinski definition) is 2. The summed E-state index contributed by atoms with van der Waals surface area (Å²) in [5.74, 6) is 1.54. The van der Waals surface area contributed by atoms with Crippen molar-refractivity contribution in [2.75, 3.05) is 19.7 Å². The number of Topliss-reactive ketones (excluding diaryl/α,β-unsaturated/α-hetero) is 1. The van der Waals surface area contributed by atoms with Crippen molar-refractivity contribution in [2.45, 2.75) is 88.1 Å². The van der Waals surface area contributed by atoms with Gasteiger partial charge >= 0.3 is 0 Å². The summed E-state index contributed by atoms with van der Waals surface area (Å²) in [5.41, 5.74) is 0.105. The Labute approximate surface area is 189 Å². The molecule has 0 radical (unpaired) electrons. The molecule has 174 valence electrons. The predicted octanol–water partition coefficient (Wildman–Crippen LogP) is 2.96. The van der Waals surface area contributed by atoms with Gasteiger partial charge in [0.2, 0.25) is 5.78 Å². The van der Waals surface area contributed by atoms with E-state index in [2.05, 4.69) is 18.7 Å². The quantitative estimate of drug-likeness (QED) is 0.677. The number of phenols is 1. The van der Waals surface area contributed by atoms with E-state index in [-0.39, 0.29) is 17.6 Å². The molecule has 1 aromatic rings. The van der Waals surface area contributed by atoms with Gasteiger partial charge in [0.1, 0.15) is 6.10 Å². The summed E-state index contributed by atoms with van der Waals surface area (Å²) in [6, 6.07) is 3.59. The van der Waals surface area contributed by atoms with Gasteiger partial charge in [0.15, 0.2) is 17.6 Å². The fourth-order valence-corrected chi connectivity index (χ4v) is 7.18. The number of carbonyl (C=O) groups is 1. The number of piperidine rings is 1. The van der Waals surface area contributed by atoms with Crippen LogP contribution < -0.4 is 4.74 Å². The van der Waals surface area contributed by atoms with Gasteiger partial charge in [-0.1, -0.05) is 32.8 Å². The minimum atomic E-state index is -1.11. The molecule has 0 amide bonds. The van der Waals surface area contributed by atoms with E-state index in [9.17, 15) is 15.0 Å². The van der Waals surface area contributed by atoms with Gasteiger partial charge in [0, 0.05) is 24.6 Å². The molecule has 3 fully saturated rings. The average molecular weight is 442 g/mol.